The van der Waals surface area contributed by atoms with Gasteiger partial charge in [-0.1, -0.05) is 19.3 Å². The minimum absolute atomic E-state index is 0.145. The van der Waals surface area contributed by atoms with Crippen LogP contribution in [0.2, 0.25) is 0 Å². The molecule has 17 heavy (non-hydrogen) atoms. The van der Waals surface area contributed by atoms with E-state index in [1.807, 2.05) is 19.1 Å². The van der Waals surface area contributed by atoms with Crippen molar-refractivity contribution in [3.05, 3.63) is 29.3 Å². The minimum Gasteiger partial charge on any atom is -0.382 e. The van der Waals surface area contributed by atoms with Gasteiger partial charge in [-0.05, 0) is 50.5 Å². The maximum absolute atomic E-state index is 11.3. The molecule has 0 atom stereocenters. The average molecular weight is 231 g/mol. The Kier molecular flexibility index (Phi) is 3.82. The van der Waals surface area contributed by atoms with Gasteiger partial charge in [0.2, 0.25) is 0 Å². The molecule has 2 heteroatoms. The van der Waals surface area contributed by atoms with E-state index in [2.05, 4.69) is 11.4 Å². The van der Waals surface area contributed by atoms with E-state index in [0.717, 1.165) is 16.8 Å². The Bertz CT molecular complexity index is 405. The van der Waals surface area contributed by atoms with Crippen molar-refractivity contribution in [2.24, 2.45) is 0 Å². The first-order valence-corrected chi connectivity index (χ1v) is 6.55. The summed E-state index contributed by atoms with van der Waals surface area (Å²) in [6, 6.07) is 6.67. The van der Waals surface area contributed by atoms with E-state index < -0.39 is 0 Å². The largest absolute Gasteiger partial charge is 0.382 e. The maximum Gasteiger partial charge on any atom is 0.160 e. The lowest BCUT2D eigenvalue weighted by molar-refractivity contribution is 0.101. The summed E-state index contributed by atoms with van der Waals surface area (Å²) in [5.41, 5.74) is 3.05. The molecule has 0 unspecified atom stereocenters. The van der Waals surface area contributed by atoms with Crippen molar-refractivity contribution in [2.75, 3.05) is 5.32 Å². The second-order valence-corrected chi connectivity index (χ2v) is 5.07. The van der Waals surface area contributed by atoms with E-state index in [4.69, 9.17) is 0 Å². The van der Waals surface area contributed by atoms with Crippen molar-refractivity contribution in [3.63, 3.8) is 0 Å². The van der Waals surface area contributed by atoms with Crippen molar-refractivity contribution in [1.29, 1.82) is 0 Å². The monoisotopic (exact) mass is 231 g/mol. The summed E-state index contributed by atoms with van der Waals surface area (Å²) in [5.74, 6) is 0.145. The molecule has 0 heterocycles. The van der Waals surface area contributed by atoms with Crippen LogP contribution in [0.15, 0.2) is 18.2 Å². The van der Waals surface area contributed by atoms with Crippen LogP contribution < -0.4 is 5.32 Å². The van der Waals surface area contributed by atoms with Gasteiger partial charge in [0.25, 0.3) is 0 Å². The molecule has 1 aliphatic rings. The van der Waals surface area contributed by atoms with E-state index in [1.54, 1.807) is 6.92 Å². The fourth-order valence-electron chi connectivity index (χ4n) is 2.63. The fraction of sp³-hybridized carbons (Fsp3) is 0.533. The highest BCUT2D eigenvalue weighted by Gasteiger charge is 2.13. The van der Waals surface area contributed by atoms with E-state index >= 15 is 0 Å². The van der Waals surface area contributed by atoms with Crippen LogP contribution in [0.1, 0.15) is 54.9 Å². The lowest BCUT2D eigenvalue weighted by Crippen LogP contribution is -2.22. The highest BCUT2D eigenvalue weighted by atomic mass is 16.1. The van der Waals surface area contributed by atoms with Crippen molar-refractivity contribution in [1.82, 2.24) is 0 Å². The number of benzene rings is 1. The third kappa shape index (κ3) is 3.09. The van der Waals surface area contributed by atoms with Crippen molar-refractivity contribution < 1.29 is 4.79 Å². The van der Waals surface area contributed by atoms with Crippen LogP contribution in [0.25, 0.3) is 0 Å². The lowest BCUT2D eigenvalue weighted by atomic mass is 9.95. The van der Waals surface area contributed by atoms with Gasteiger partial charge in [-0.2, -0.15) is 0 Å². The predicted octanol–water partition coefficient (Wildman–Crippen LogP) is 3.94. The Morgan fingerprint density at radius 2 is 1.94 bits per heavy atom. The van der Waals surface area contributed by atoms with Crippen LogP contribution in [0.3, 0.4) is 0 Å². The first-order chi connectivity index (χ1) is 8.16. The van der Waals surface area contributed by atoms with Crippen LogP contribution in [-0.2, 0) is 0 Å². The van der Waals surface area contributed by atoms with Crippen LogP contribution >= 0.6 is 0 Å². The zero-order valence-electron chi connectivity index (χ0n) is 10.8. The van der Waals surface area contributed by atoms with Crippen LogP contribution in [0, 0.1) is 6.92 Å². The number of Topliss-reactive ketones (excluding diaryl/α,β-unsaturated/α-hetero) is 1. The smallest absolute Gasteiger partial charge is 0.160 e. The summed E-state index contributed by atoms with van der Waals surface area (Å²) < 4.78 is 0. The second kappa shape index (κ2) is 5.35. The van der Waals surface area contributed by atoms with Gasteiger partial charge in [-0.3, -0.25) is 4.79 Å². The summed E-state index contributed by atoms with van der Waals surface area (Å²) in [7, 11) is 0. The Labute approximate surface area is 103 Å². The molecular formula is C15H21NO. The molecule has 1 aliphatic carbocycles. The Balaban J connectivity index is 2.06. The molecule has 2 rings (SSSR count). The third-order valence-corrected chi connectivity index (χ3v) is 3.58. The number of aryl methyl sites for hydroxylation is 1. The van der Waals surface area contributed by atoms with Crippen molar-refractivity contribution >= 4 is 11.5 Å². The first kappa shape index (κ1) is 12.2. The van der Waals surface area contributed by atoms with E-state index in [-0.39, 0.29) is 5.78 Å². The van der Waals surface area contributed by atoms with E-state index in [0.29, 0.717) is 6.04 Å². The highest BCUT2D eigenvalue weighted by molar-refractivity contribution is 5.95. The molecule has 92 valence electrons. The molecule has 0 spiro atoms. The van der Waals surface area contributed by atoms with Crippen molar-refractivity contribution in [2.45, 2.75) is 52.0 Å². The third-order valence-electron chi connectivity index (χ3n) is 3.58. The number of hydrogen-bond donors (Lipinski definition) is 1. The van der Waals surface area contributed by atoms with Gasteiger partial charge >= 0.3 is 0 Å². The van der Waals surface area contributed by atoms with E-state index in [1.165, 1.54) is 32.1 Å². The molecule has 1 aromatic rings. The number of nitrogens with one attached hydrogen (secondary N) is 1. The summed E-state index contributed by atoms with van der Waals surface area (Å²) in [5, 5.41) is 3.58. The second-order valence-electron chi connectivity index (χ2n) is 5.07. The first-order valence-electron chi connectivity index (χ1n) is 6.55. The van der Waals surface area contributed by atoms with Gasteiger partial charge in [-0.15, -0.1) is 0 Å². The summed E-state index contributed by atoms with van der Waals surface area (Å²) in [6.07, 6.45) is 6.59. The predicted molar refractivity (Wildman–Crippen MR) is 71.7 cm³/mol. The van der Waals surface area contributed by atoms with Gasteiger partial charge in [0, 0.05) is 17.3 Å². The topological polar surface area (TPSA) is 29.1 Å². The molecule has 0 saturated heterocycles. The molecule has 2 nitrogen and oxygen atoms in total. The Morgan fingerprint density at radius 1 is 1.24 bits per heavy atom. The Morgan fingerprint density at radius 3 is 2.53 bits per heavy atom. The summed E-state index contributed by atoms with van der Waals surface area (Å²) in [6.45, 7) is 3.62. The number of carbonyl (C=O) groups is 1. The molecule has 0 bridgehead atoms. The number of rotatable bonds is 3. The normalized spacial score (nSPS) is 16.8. The Hall–Kier alpha value is -1.31. The summed E-state index contributed by atoms with van der Waals surface area (Å²) in [4.78, 5) is 11.3. The van der Waals surface area contributed by atoms with Crippen LogP contribution in [0.5, 0.6) is 0 Å². The zero-order chi connectivity index (χ0) is 12.3. The van der Waals surface area contributed by atoms with Gasteiger partial charge in [0.05, 0.1) is 0 Å². The number of carbonyl (C=O) groups excluding carboxylic acids is 1. The molecule has 1 saturated carbocycles. The zero-order valence-corrected chi connectivity index (χ0v) is 10.8. The van der Waals surface area contributed by atoms with Crippen molar-refractivity contribution in [3.8, 4) is 0 Å². The van der Waals surface area contributed by atoms with Gasteiger partial charge in [0.15, 0.2) is 5.78 Å². The van der Waals surface area contributed by atoms with Gasteiger partial charge < -0.3 is 5.32 Å². The minimum atomic E-state index is 0.145. The molecular weight excluding hydrogens is 210 g/mol. The highest BCUT2D eigenvalue weighted by Crippen LogP contribution is 2.23. The summed E-state index contributed by atoms with van der Waals surface area (Å²) >= 11 is 0. The quantitative estimate of drug-likeness (QED) is 0.798. The lowest BCUT2D eigenvalue weighted by Gasteiger charge is -2.24. The average Bonchev–Trinajstić information content (AvgIpc) is 2.30. The molecule has 1 fully saturated rings. The molecule has 0 radical (unpaired) electrons. The van der Waals surface area contributed by atoms with Gasteiger partial charge in [0.1, 0.15) is 0 Å². The van der Waals surface area contributed by atoms with Gasteiger partial charge in [-0.25, -0.2) is 0 Å². The molecule has 0 aromatic heterocycles. The number of hydrogen-bond acceptors (Lipinski definition) is 2. The standard InChI is InChI=1S/C15H21NO/c1-11-10-14(8-9-15(11)12(2)17)16-13-6-4-3-5-7-13/h8-10,13,16H,3-7H2,1-2H3. The van der Waals surface area contributed by atoms with Crippen LogP contribution in [0.4, 0.5) is 5.69 Å². The SMILES string of the molecule is CC(=O)c1ccc(NC2CCCCC2)cc1C. The molecule has 0 aliphatic heterocycles. The van der Waals surface area contributed by atoms with Crippen LogP contribution in [-0.4, -0.2) is 11.8 Å². The fourth-order valence-corrected chi connectivity index (χ4v) is 2.63. The molecule has 1 N–H and O–H groups in total. The van der Waals surface area contributed by atoms with E-state index in [9.17, 15) is 4.79 Å². The molecule has 0 amide bonds. The number of anilines is 1. The molecule has 1 aromatic carbocycles. The maximum atomic E-state index is 11.3. The number of ketones is 1.